The van der Waals surface area contributed by atoms with E-state index in [0.717, 1.165) is 30.5 Å². The molecule has 1 aliphatic carbocycles. The number of nitriles is 1. The van der Waals surface area contributed by atoms with Crippen molar-refractivity contribution in [1.82, 2.24) is 25.0 Å². The predicted octanol–water partition coefficient (Wildman–Crippen LogP) is 3.22. The number of benzene rings is 1. The fourth-order valence-corrected chi connectivity index (χ4v) is 4.13. The highest BCUT2D eigenvalue weighted by Crippen LogP contribution is 2.46. The van der Waals surface area contributed by atoms with Crippen molar-refractivity contribution in [1.29, 1.82) is 5.26 Å². The molecule has 164 valence electrons. The molecule has 2 aromatic rings. The molecule has 1 N–H and O–H groups in total. The average Bonchev–Trinajstić information content (AvgIpc) is 3.20. The fourth-order valence-electron chi connectivity index (χ4n) is 3.75. The molecule has 8 nitrogen and oxygen atoms in total. The molecule has 1 unspecified atom stereocenters. The molecule has 2 aliphatic rings. The molecule has 2 fully saturated rings. The van der Waals surface area contributed by atoms with Gasteiger partial charge in [0, 0.05) is 36.0 Å². The van der Waals surface area contributed by atoms with Crippen molar-refractivity contribution in [3.05, 3.63) is 41.4 Å². The Morgan fingerprint density at radius 1 is 1.32 bits per heavy atom. The van der Waals surface area contributed by atoms with E-state index in [4.69, 9.17) is 28.5 Å². The summed E-state index contributed by atoms with van der Waals surface area (Å²) in [6, 6.07) is 4.97. The largest absolute Gasteiger partial charge is 0.350 e. The monoisotopic (exact) mass is 462 g/mol. The number of halogens is 2. The first-order chi connectivity index (χ1) is 15.0. The first-order valence-electron chi connectivity index (χ1n) is 10.1. The number of amides is 2. The molecule has 1 aromatic heterocycles. The van der Waals surface area contributed by atoms with Gasteiger partial charge in [0.05, 0.1) is 5.69 Å². The smallest absolute Gasteiger partial charge is 0.243 e. The van der Waals surface area contributed by atoms with Crippen molar-refractivity contribution in [2.75, 3.05) is 6.54 Å². The molecule has 31 heavy (non-hydrogen) atoms. The van der Waals surface area contributed by atoms with E-state index < -0.39 is 6.04 Å². The zero-order chi connectivity index (χ0) is 22.4. The Balaban J connectivity index is 0.00000132. The normalized spacial score (nSPS) is 18.7. The van der Waals surface area contributed by atoms with Gasteiger partial charge >= 0.3 is 0 Å². The van der Waals surface area contributed by atoms with Crippen LogP contribution in [0.5, 0.6) is 0 Å². The van der Waals surface area contributed by atoms with E-state index in [2.05, 4.69) is 22.0 Å². The van der Waals surface area contributed by atoms with Crippen LogP contribution < -0.4 is 5.32 Å². The molecule has 10 heteroatoms. The lowest BCUT2D eigenvalue weighted by Crippen LogP contribution is -2.45. The van der Waals surface area contributed by atoms with E-state index in [-0.39, 0.29) is 23.2 Å². The second kappa shape index (κ2) is 10.1. The Bertz CT molecular complexity index is 943. The zero-order valence-electron chi connectivity index (χ0n) is 17.0. The summed E-state index contributed by atoms with van der Waals surface area (Å²) in [5.41, 5.74) is 1.62. The Kier molecular flexibility index (Phi) is 7.52. The third-order valence-corrected chi connectivity index (χ3v) is 6.42. The second-order valence-corrected chi connectivity index (χ2v) is 8.97. The SMILES string of the molecule is C#N.O=C(NCc1cc(Cl)ccc1-n1cncn1)C1CCCN1C(=O)CCC1(Cl)CC1. The maximum Gasteiger partial charge on any atom is 0.243 e. The standard InChI is InChI=1S/C20H23Cl2N5O2.CHN/c21-15-3-4-16(27-13-23-12-25-27)14(10-15)11-24-19(29)17-2-1-9-26(17)18(28)5-6-20(22)7-8-20;1-2/h3-4,10,12-13,17H,1-2,5-9,11H2,(H,24,29);1H. The van der Waals surface area contributed by atoms with Crippen LogP contribution in [0.2, 0.25) is 5.02 Å². The van der Waals surface area contributed by atoms with Crippen molar-refractivity contribution < 1.29 is 9.59 Å². The van der Waals surface area contributed by atoms with Crippen LogP contribution in [-0.4, -0.2) is 48.9 Å². The van der Waals surface area contributed by atoms with E-state index in [1.165, 1.54) is 6.33 Å². The molecule has 2 amide bonds. The van der Waals surface area contributed by atoms with E-state index in [1.54, 1.807) is 28.0 Å². The molecule has 1 saturated carbocycles. The topological polar surface area (TPSA) is 104 Å². The van der Waals surface area contributed by atoms with Crippen LogP contribution in [0.3, 0.4) is 0 Å². The molecule has 0 bridgehead atoms. The molecule has 1 aliphatic heterocycles. The van der Waals surface area contributed by atoms with Crippen molar-refractivity contribution in [2.24, 2.45) is 0 Å². The van der Waals surface area contributed by atoms with E-state index in [0.29, 0.717) is 30.8 Å². The highest BCUT2D eigenvalue weighted by Gasteiger charge is 2.41. The van der Waals surface area contributed by atoms with Gasteiger partial charge in [0.15, 0.2) is 0 Å². The summed E-state index contributed by atoms with van der Waals surface area (Å²) in [7, 11) is 0. The summed E-state index contributed by atoms with van der Waals surface area (Å²) in [5, 5.41) is 14.2. The number of rotatable bonds is 7. The third kappa shape index (κ3) is 5.75. The summed E-state index contributed by atoms with van der Waals surface area (Å²) in [4.78, 5) is 30.9. The lowest BCUT2D eigenvalue weighted by Gasteiger charge is -2.24. The van der Waals surface area contributed by atoms with Gasteiger partial charge in [-0.15, -0.1) is 11.6 Å². The van der Waals surface area contributed by atoms with Gasteiger partial charge in [-0.3, -0.25) is 9.59 Å². The number of aromatic nitrogens is 3. The number of alkyl halides is 1. The number of likely N-dealkylation sites (tertiary alicyclic amines) is 1. The van der Waals surface area contributed by atoms with E-state index >= 15 is 0 Å². The lowest BCUT2D eigenvalue weighted by molar-refractivity contribution is -0.138. The van der Waals surface area contributed by atoms with Gasteiger partial charge in [0.25, 0.3) is 0 Å². The number of nitrogens with zero attached hydrogens (tertiary/aromatic N) is 5. The molecule has 1 saturated heterocycles. The van der Waals surface area contributed by atoms with Gasteiger partial charge in [0.2, 0.25) is 11.8 Å². The predicted molar refractivity (Wildman–Crippen MR) is 117 cm³/mol. The molecular formula is C21H24Cl2N6O2. The Labute approximate surface area is 191 Å². The molecule has 2 heterocycles. The van der Waals surface area contributed by atoms with Gasteiger partial charge in [0.1, 0.15) is 18.7 Å². The lowest BCUT2D eigenvalue weighted by atomic mass is 10.1. The number of nitrogens with one attached hydrogen (secondary N) is 1. The minimum atomic E-state index is -0.429. The third-order valence-electron chi connectivity index (χ3n) is 5.62. The summed E-state index contributed by atoms with van der Waals surface area (Å²) >= 11 is 12.4. The summed E-state index contributed by atoms with van der Waals surface area (Å²) in [5.74, 6) is -0.131. The van der Waals surface area contributed by atoms with Crippen molar-refractivity contribution >= 4 is 35.0 Å². The minimum absolute atomic E-state index is 0.0145. The summed E-state index contributed by atoms with van der Waals surface area (Å²) in [6.45, 7) is 4.41. The number of hydrogen-bond acceptors (Lipinski definition) is 5. The van der Waals surface area contributed by atoms with Gasteiger partial charge in [-0.2, -0.15) is 5.10 Å². The van der Waals surface area contributed by atoms with Crippen LogP contribution in [0.25, 0.3) is 5.69 Å². The van der Waals surface area contributed by atoms with E-state index in [9.17, 15) is 9.59 Å². The molecule has 0 radical (unpaired) electrons. The Morgan fingerprint density at radius 3 is 2.77 bits per heavy atom. The van der Waals surface area contributed by atoms with Crippen LogP contribution in [0, 0.1) is 11.8 Å². The maximum atomic E-state index is 12.8. The highest BCUT2D eigenvalue weighted by atomic mass is 35.5. The second-order valence-electron chi connectivity index (χ2n) is 7.73. The fraction of sp³-hybridized carbons (Fsp3) is 0.476. The van der Waals surface area contributed by atoms with Crippen molar-refractivity contribution in [2.45, 2.75) is 56.0 Å². The van der Waals surface area contributed by atoms with Crippen LogP contribution >= 0.6 is 23.2 Å². The summed E-state index contributed by atoms with van der Waals surface area (Å²) in [6.07, 6.45) is 7.58. The van der Waals surface area contributed by atoms with Crippen molar-refractivity contribution in [3.8, 4) is 12.3 Å². The van der Waals surface area contributed by atoms with Crippen molar-refractivity contribution in [3.63, 3.8) is 0 Å². The molecular weight excluding hydrogens is 439 g/mol. The first-order valence-corrected chi connectivity index (χ1v) is 10.9. The van der Waals surface area contributed by atoms with Crippen LogP contribution in [0.1, 0.15) is 44.1 Å². The molecule has 1 atom stereocenters. The average molecular weight is 463 g/mol. The van der Waals surface area contributed by atoms with Gasteiger partial charge < -0.3 is 10.2 Å². The van der Waals surface area contributed by atoms with Gasteiger partial charge in [-0.05, 0) is 55.9 Å². The molecule has 0 spiro atoms. The number of carbonyl (C=O) groups is 2. The highest BCUT2D eigenvalue weighted by molar-refractivity contribution is 6.30. The zero-order valence-corrected chi connectivity index (χ0v) is 18.5. The Morgan fingerprint density at radius 2 is 2.10 bits per heavy atom. The van der Waals surface area contributed by atoms with Crippen LogP contribution in [0.4, 0.5) is 0 Å². The summed E-state index contributed by atoms with van der Waals surface area (Å²) < 4.78 is 1.63. The van der Waals surface area contributed by atoms with Crippen LogP contribution in [-0.2, 0) is 16.1 Å². The van der Waals surface area contributed by atoms with Gasteiger partial charge in [-0.1, -0.05) is 11.6 Å². The minimum Gasteiger partial charge on any atom is -0.350 e. The number of carbonyl (C=O) groups excluding carboxylic acids is 2. The number of hydrogen-bond donors (Lipinski definition) is 1. The quantitative estimate of drug-likeness (QED) is 0.635. The Hall–Kier alpha value is -2.63. The van der Waals surface area contributed by atoms with E-state index in [1.807, 2.05) is 6.07 Å². The van der Waals surface area contributed by atoms with Gasteiger partial charge in [-0.25, -0.2) is 14.9 Å². The molecule has 1 aromatic carbocycles. The molecule has 4 rings (SSSR count). The van der Waals surface area contributed by atoms with Crippen LogP contribution in [0.15, 0.2) is 30.9 Å². The first kappa shape index (κ1) is 23.0. The maximum absolute atomic E-state index is 12.8.